The summed E-state index contributed by atoms with van der Waals surface area (Å²) in [5.41, 5.74) is 3.81. The molecule has 3 rings (SSSR count). The molecule has 7 nitrogen and oxygen atoms in total. The van der Waals surface area contributed by atoms with Crippen LogP contribution in [0.2, 0.25) is 0 Å². The minimum Gasteiger partial charge on any atom is -0.497 e. The van der Waals surface area contributed by atoms with Gasteiger partial charge in [0.1, 0.15) is 17.3 Å². The Hall–Kier alpha value is -3.87. The fourth-order valence-electron chi connectivity index (χ4n) is 2.32. The molecule has 0 fully saturated rings. The first-order chi connectivity index (χ1) is 13.1. The summed E-state index contributed by atoms with van der Waals surface area (Å²) in [7, 11) is 1.55. The monoisotopic (exact) mass is 364 g/mol. The van der Waals surface area contributed by atoms with Gasteiger partial charge in [0.05, 0.1) is 18.9 Å². The van der Waals surface area contributed by atoms with Crippen LogP contribution in [0.1, 0.15) is 26.5 Å². The van der Waals surface area contributed by atoms with E-state index < -0.39 is 5.97 Å². The van der Waals surface area contributed by atoms with Gasteiger partial charge < -0.3 is 14.3 Å². The Labute approximate surface area is 154 Å². The molecule has 1 amide bonds. The Kier molecular flexibility index (Phi) is 5.32. The van der Waals surface area contributed by atoms with Gasteiger partial charge in [-0.25, -0.2) is 10.2 Å². The predicted octanol–water partition coefficient (Wildman–Crippen LogP) is 3.42. The molecule has 0 aliphatic carbocycles. The number of carbonyl (C=O) groups is 2. The number of rotatable bonds is 6. The normalized spacial score (nSPS) is 10.7. The first-order valence-electron chi connectivity index (χ1n) is 7.98. The topological polar surface area (TPSA) is 101 Å². The van der Waals surface area contributed by atoms with Gasteiger partial charge in [-0.3, -0.25) is 4.79 Å². The molecule has 2 N–H and O–H groups in total. The Morgan fingerprint density at radius 2 is 1.67 bits per heavy atom. The quantitative estimate of drug-likeness (QED) is 0.515. The fraction of sp³-hybridized carbons (Fsp3) is 0.0500. The number of ether oxygens (including phenoxy) is 1. The number of nitrogens with one attached hydrogen (secondary N) is 1. The lowest BCUT2D eigenvalue weighted by Gasteiger charge is -2.01. The number of hydrogen-bond donors (Lipinski definition) is 2. The van der Waals surface area contributed by atoms with Gasteiger partial charge in [0.15, 0.2) is 0 Å². The van der Waals surface area contributed by atoms with Crippen LogP contribution in [0.5, 0.6) is 5.75 Å². The number of methoxy groups -OCH3 is 1. The number of amides is 1. The third kappa shape index (κ3) is 4.40. The van der Waals surface area contributed by atoms with Crippen LogP contribution in [-0.4, -0.2) is 30.3 Å². The molecule has 1 aromatic heterocycles. The van der Waals surface area contributed by atoms with Crippen molar-refractivity contribution in [3.05, 3.63) is 77.6 Å². The lowest BCUT2D eigenvalue weighted by atomic mass is 10.1. The Morgan fingerprint density at radius 3 is 2.30 bits per heavy atom. The zero-order chi connectivity index (χ0) is 19.2. The molecule has 0 unspecified atom stereocenters. The molecule has 0 radical (unpaired) electrons. The highest BCUT2D eigenvalue weighted by molar-refractivity contribution is 5.94. The number of aromatic carboxylic acids is 1. The number of carboxylic acids is 1. The summed E-state index contributed by atoms with van der Waals surface area (Å²) in [6.07, 6.45) is 1.39. The van der Waals surface area contributed by atoms with Crippen molar-refractivity contribution in [1.29, 1.82) is 0 Å². The molecule has 0 atom stereocenters. The van der Waals surface area contributed by atoms with Crippen LogP contribution in [-0.2, 0) is 0 Å². The van der Waals surface area contributed by atoms with Crippen molar-refractivity contribution in [2.75, 3.05) is 7.11 Å². The number of carboxylic acid groups (broad SMARTS) is 1. The minimum absolute atomic E-state index is 0.202. The summed E-state index contributed by atoms with van der Waals surface area (Å²) in [4.78, 5) is 22.9. The van der Waals surface area contributed by atoms with E-state index in [4.69, 9.17) is 14.3 Å². The van der Waals surface area contributed by atoms with E-state index in [0.29, 0.717) is 22.8 Å². The predicted molar refractivity (Wildman–Crippen MR) is 99.2 cm³/mol. The number of carbonyl (C=O) groups excluding carboxylic acids is 1. The summed E-state index contributed by atoms with van der Waals surface area (Å²) >= 11 is 0. The van der Waals surface area contributed by atoms with Gasteiger partial charge >= 0.3 is 5.97 Å². The van der Waals surface area contributed by atoms with Crippen molar-refractivity contribution in [3.8, 4) is 17.1 Å². The van der Waals surface area contributed by atoms with E-state index >= 15 is 0 Å². The van der Waals surface area contributed by atoms with Crippen LogP contribution in [0.15, 0.2) is 70.2 Å². The molecule has 136 valence electrons. The molecule has 1 heterocycles. The molecule has 0 spiro atoms. The van der Waals surface area contributed by atoms with E-state index in [1.165, 1.54) is 18.3 Å². The van der Waals surface area contributed by atoms with Gasteiger partial charge in [-0.2, -0.15) is 5.10 Å². The highest BCUT2D eigenvalue weighted by Crippen LogP contribution is 2.22. The van der Waals surface area contributed by atoms with Crippen LogP contribution >= 0.6 is 0 Å². The highest BCUT2D eigenvalue weighted by atomic mass is 16.5. The first kappa shape index (κ1) is 17.9. The van der Waals surface area contributed by atoms with Crippen molar-refractivity contribution in [1.82, 2.24) is 5.43 Å². The van der Waals surface area contributed by atoms with Gasteiger partial charge in [0.25, 0.3) is 5.91 Å². The van der Waals surface area contributed by atoms with E-state index in [-0.39, 0.29) is 11.5 Å². The van der Waals surface area contributed by atoms with Crippen molar-refractivity contribution >= 4 is 18.1 Å². The summed E-state index contributed by atoms with van der Waals surface area (Å²) < 4.78 is 10.7. The van der Waals surface area contributed by atoms with Crippen molar-refractivity contribution < 1.29 is 23.8 Å². The molecular weight excluding hydrogens is 348 g/mol. The summed E-state index contributed by atoms with van der Waals surface area (Å²) in [5, 5.41) is 12.8. The number of nitrogens with zero attached hydrogens (tertiary/aromatic N) is 1. The van der Waals surface area contributed by atoms with E-state index in [1.807, 2.05) is 0 Å². The maximum absolute atomic E-state index is 12.0. The number of benzene rings is 2. The summed E-state index contributed by atoms with van der Waals surface area (Å²) in [6, 6.07) is 16.4. The second-order valence-corrected chi connectivity index (χ2v) is 5.51. The van der Waals surface area contributed by atoms with Gasteiger partial charge in [-0.05, 0) is 48.5 Å². The van der Waals surface area contributed by atoms with Gasteiger partial charge in [-0.1, -0.05) is 12.1 Å². The Balaban J connectivity index is 1.62. The number of hydrogen-bond acceptors (Lipinski definition) is 5. The van der Waals surface area contributed by atoms with Crippen LogP contribution in [0.3, 0.4) is 0 Å². The number of furan rings is 1. The Morgan fingerprint density at radius 1 is 1.00 bits per heavy atom. The standard InChI is InChI=1S/C20H16N2O5/c1-26-16-8-6-14(7-9-16)19(23)22-21-12-17-10-11-18(27-17)13-2-4-15(5-3-13)20(24)25/h2-12H,1H3,(H,22,23)(H,24,25). The van der Waals surface area contributed by atoms with E-state index in [2.05, 4.69) is 10.5 Å². The first-order valence-corrected chi connectivity index (χ1v) is 7.98. The van der Waals surface area contributed by atoms with Gasteiger partial charge in [-0.15, -0.1) is 0 Å². The molecule has 0 saturated carbocycles. The van der Waals surface area contributed by atoms with Crippen LogP contribution in [0, 0.1) is 0 Å². The average molecular weight is 364 g/mol. The molecule has 27 heavy (non-hydrogen) atoms. The third-order valence-electron chi connectivity index (χ3n) is 3.75. The van der Waals surface area contributed by atoms with E-state index in [0.717, 1.165) is 5.56 Å². The fourth-order valence-corrected chi connectivity index (χ4v) is 2.32. The zero-order valence-corrected chi connectivity index (χ0v) is 14.4. The van der Waals surface area contributed by atoms with Crippen LogP contribution in [0.4, 0.5) is 0 Å². The lowest BCUT2D eigenvalue weighted by Crippen LogP contribution is -2.17. The average Bonchev–Trinajstić information content (AvgIpc) is 3.17. The van der Waals surface area contributed by atoms with Crippen molar-refractivity contribution in [2.24, 2.45) is 5.10 Å². The molecule has 0 bridgehead atoms. The second kappa shape index (κ2) is 8.01. The van der Waals surface area contributed by atoms with Crippen LogP contribution < -0.4 is 10.2 Å². The maximum atomic E-state index is 12.0. The van der Waals surface area contributed by atoms with Crippen molar-refractivity contribution in [2.45, 2.75) is 0 Å². The molecule has 3 aromatic rings. The third-order valence-corrected chi connectivity index (χ3v) is 3.75. The summed E-state index contributed by atoms with van der Waals surface area (Å²) in [5.74, 6) is 0.332. The largest absolute Gasteiger partial charge is 0.497 e. The molecule has 0 aliphatic rings. The minimum atomic E-state index is -0.985. The number of hydrazone groups is 1. The zero-order valence-electron chi connectivity index (χ0n) is 14.4. The molecule has 0 saturated heterocycles. The molecule has 7 heteroatoms. The highest BCUT2D eigenvalue weighted by Gasteiger charge is 2.07. The van der Waals surface area contributed by atoms with Gasteiger partial charge in [0.2, 0.25) is 0 Å². The second-order valence-electron chi connectivity index (χ2n) is 5.51. The SMILES string of the molecule is COc1ccc(C(=O)NN=Cc2ccc(-c3ccc(C(=O)O)cc3)o2)cc1. The van der Waals surface area contributed by atoms with Crippen LogP contribution in [0.25, 0.3) is 11.3 Å². The smallest absolute Gasteiger partial charge is 0.335 e. The Bertz CT molecular complexity index is 972. The molecule has 2 aromatic carbocycles. The van der Waals surface area contributed by atoms with Gasteiger partial charge in [0, 0.05) is 11.1 Å². The lowest BCUT2D eigenvalue weighted by molar-refractivity contribution is 0.0696. The maximum Gasteiger partial charge on any atom is 0.335 e. The van der Waals surface area contributed by atoms with E-state index in [1.54, 1.807) is 55.6 Å². The summed E-state index contributed by atoms with van der Waals surface area (Å²) in [6.45, 7) is 0. The molecular formula is C20H16N2O5. The van der Waals surface area contributed by atoms with E-state index in [9.17, 15) is 9.59 Å². The molecule has 0 aliphatic heterocycles. The van der Waals surface area contributed by atoms with Crippen molar-refractivity contribution in [3.63, 3.8) is 0 Å².